The van der Waals surface area contributed by atoms with E-state index in [1.807, 2.05) is 0 Å². The van der Waals surface area contributed by atoms with E-state index in [1.165, 1.54) is 25.3 Å². The van der Waals surface area contributed by atoms with Crippen molar-refractivity contribution in [2.45, 2.75) is 25.5 Å². The summed E-state index contributed by atoms with van der Waals surface area (Å²) in [5, 5.41) is 0. The van der Waals surface area contributed by atoms with E-state index in [-0.39, 0.29) is 25.0 Å². The highest BCUT2D eigenvalue weighted by molar-refractivity contribution is 7.89. The fraction of sp³-hybridized carbons (Fsp3) is 0.600. The van der Waals surface area contributed by atoms with Crippen molar-refractivity contribution < 1.29 is 27.0 Å². The van der Waals surface area contributed by atoms with Crippen molar-refractivity contribution in [3.05, 3.63) is 29.6 Å². The number of halogens is 1. The average Bonchev–Trinajstić information content (AvgIpc) is 2.54. The van der Waals surface area contributed by atoms with Crippen LogP contribution in [-0.4, -0.2) is 47.2 Å². The third-order valence-electron chi connectivity index (χ3n) is 3.60. The van der Waals surface area contributed by atoms with Crippen LogP contribution in [0.2, 0.25) is 0 Å². The normalized spacial score (nSPS) is 16.4. The van der Waals surface area contributed by atoms with Crippen LogP contribution < -0.4 is 9.46 Å². The van der Waals surface area contributed by atoms with E-state index < -0.39 is 15.8 Å². The van der Waals surface area contributed by atoms with Crippen LogP contribution in [0.1, 0.15) is 18.4 Å². The second-order valence-electron chi connectivity index (χ2n) is 5.28. The number of rotatable bonds is 8. The smallest absolute Gasteiger partial charge is 0.214 e. The van der Waals surface area contributed by atoms with Gasteiger partial charge in [-0.15, -0.1) is 0 Å². The molecule has 1 aliphatic rings. The third kappa shape index (κ3) is 6.06. The van der Waals surface area contributed by atoms with Crippen molar-refractivity contribution >= 4 is 10.0 Å². The lowest BCUT2D eigenvalue weighted by Gasteiger charge is -2.22. The number of benzene rings is 1. The van der Waals surface area contributed by atoms with Crippen LogP contribution in [0.4, 0.5) is 4.39 Å². The molecule has 0 bridgehead atoms. The molecule has 0 amide bonds. The van der Waals surface area contributed by atoms with Crippen LogP contribution >= 0.6 is 0 Å². The van der Waals surface area contributed by atoms with Crippen molar-refractivity contribution in [3.63, 3.8) is 0 Å². The van der Waals surface area contributed by atoms with Gasteiger partial charge in [-0.2, -0.15) is 0 Å². The Labute approximate surface area is 136 Å². The fourth-order valence-electron chi connectivity index (χ4n) is 2.31. The van der Waals surface area contributed by atoms with Gasteiger partial charge in [0.2, 0.25) is 10.0 Å². The summed E-state index contributed by atoms with van der Waals surface area (Å²) in [7, 11) is -2.05. The maximum absolute atomic E-state index is 13.2. The zero-order valence-corrected chi connectivity index (χ0v) is 13.9. The predicted octanol–water partition coefficient (Wildman–Crippen LogP) is 1.45. The maximum Gasteiger partial charge on any atom is 0.214 e. The Morgan fingerprint density at radius 1 is 1.35 bits per heavy atom. The maximum atomic E-state index is 13.2. The minimum absolute atomic E-state index is 0.0272. The molecule has 23 heavy (non-hydrogen) atoms. The van der Waals surface area contributed by atoms with Crippen LogP contribution in [-0.2, 0) is 26.0 Å². The molecule has 0 atom stereocenters. The van der Waals surface area contributed by atoms with Gasteiger partial charge in [-0.25, -0.2) is 17.5 Å². The molecule has 0 saturated carbocycles. The molecule has 1 N–H and O–H groups in total. The van der Waals surface area contributed by atoms with Crippen molar-refractivity contribution in [3.8, 4) is 5.75 Å². The van der Waals surface area contributed by atoms with Gasteiger partial charge in [0.15, 0.2) is 0 Å². The molecule has 1 heterocycles. The first-order valence-corrected chi connectivity index (χ1v) is 9.14. The van der Waals surface area contributed by atoms with Gasteiger partial charge in [0.1, 0.15) is 11.6 Å². The van der Waals surface area contributed by atoms with Crippen LogP contribution in [0.15, 0.2) is 18.2 Å². The molecule has 6 nitrogen and oxygen atoms in total. The quantitative estimate of drug-likeness (QED) is 0.770. The molecule has 8 heteroatoms. The van der Waals surface area contributed by atoms with Gasteiger partial charge in [0.05, 0.1) is 25.6 Å². The Morgan fingerprint density at radius 2 is 2.09 bits per heavy atom. The Kier molecular flexibility index (Phi) is 6.76. The molecule has 1 aromatic rings. The fourth-order valence-corrected chi connectivity index (χ4v) is 3.15. The van der Waals surface area contributed by atoms with E-state index in [9.17, 15) is 12.8 Å². The lowest BCUT2D eigenvalue weighted by molar-refractivity contribution is -0.0267. The lowest BCUT2D eigenvalue weighted by Crippen LogP contribution is -2.30. The molecule has 0 spiro atoms. The number of sulfonamides is 1. The number of methoxy groups -OCH3 is 1. The van der Waals surface area contributed by atoms with Crippen LogP contribution in [0.25, 0.3) is 0 Å². The molecule has 1 fully saturated rings. The van der Waals surface area contributed by atoms with Gasteiger partial charge in [-0.3, -0.25) is 0 Å². The van der Waals surface area contributed by atoms with E-state index in [4.69, 9.17) is 14.2 Å². The molecular weight excluding hydrogens is 325 g/mol. The van der Waals surface area contributed by atoms with E-state index in [2.05, 4.69) is 4.72 Å². The zero-order valence-electron chi connectivity index (χ0n) is 13.1. The van der Waals surface area contributed by atoms with Crippen molar-refractivity contribution in [2.75, 3.05) is 32.7 Å². The number of hydrogen-bond acceptors (Lipinski definition) is 5. The highest BCUT2D eigenvalue weighted by atomic mass is 32.2. The van der Waals surface area contributed by atoms with E-state index in [0.29, 0.717) is 24.5 Å². The summed E-state index contributed by atoms with van der Waals surface area (Å²) in [4.78, 5) is 0. The number of hydrogen-bond donors (Lipinski definition) is 1. The van der Waals surface area contributed by atoms with Crippen LogP contribution in [0.5, 0.6) is 5.75 Å². The van der Waals surface area contributed by atoms with Gasteiger partial charge < -0.3 is 14.2 Å². The Balaban J connectivity index is 1.80. The summed E-state index contributed by atoms with van der Waals surface area (Å²) in [5.74, 6) is -0.141. The molecule has 0 aliphatic carbocycles. The SMILES string of the molecule is COc1ccc(F)cc1CNS(=O)(=O)CCOC1CCOCC1. The summed E-state index contributed by atoms with van der Waals surface area (Å²) in [6, 6.07) is 3.98. The first-order chi connectivity index (χ1) is 11.0. The number of nitrogens with one attached hydrogen (secondary N) is 1. The van der Waals surface area contributed by atoms with Gasteiger partial charge >= 0.3 is 0 Å². The molecule has 130 valence electrons. The third-order valence-corrected chi connectivity index (χ3v) is 4.89. The van der Waals surface area contributed by atoms with E-state index in [1.54, 1.807) is 0 Å². The zero-order chi connectivity index (χ0) is 16.7. The first kappa shape index (κ1) is 18.1. The summed E-state index contributed by atoms with van der Waals surface area (Å²) in [6.45, 7) is 1.39. The molecule has 1 aliphatic heterocycles. The highest BCUT2D eigenvalue weighted by Gasteiger charge is 2.17. The number of ether oxygens (including phenoxy) is 3. The Morgan fingerprint density at radius 3 is 2.78 bits per heavy atom. The molecule has 0 aromatic heterocycles. The van der Waals surface area contributed by atoms with Crippen molar-refractivity contribution in [1.29, 1.82) is 0 Å². The molecule has 2 rings (SSSR count). The second kappa shape index (κ2) is 8.58. The standard InChI is InChI=1S/C15H22FNO5S/c1-20-15-3-2-13(16)10-12(15)11-17-23(18,19)9-8-22-14-4-6-21-7-5-14/h2-3,10,14,17H,4-9,11H2,1H3. The molecule has 0 unspecified atom stereocenters. The van der Waals surface area contributed by atoms with Gasteiger partial charge in [-0.1, -0.05) is 0 Å². The van der Waals surface area contributed by atoms with Gasteiger partial charge in [0.25, 0.3) is 0 Å². The van der Waals surface area contributed by atoms with Crippen molar-refractivity contribution in [2.24, 2.45) is 0 Å². The average molecular weight is 347 g/mol. The topological polar surface area (TPSA) is 73.9 Å². The summed E-state index contributed by atoms with van der Waals surface area (Å²) >= 11 is 0. The largest absolute Gasteiger partial charge is 0.496 e. The Bertz CT molecular complexity index is 602. The minimum Gasteiger partial charge on any atom is -0.496 e. The summed E-state index contributed by atoms with van der Waals surface area (Å²) in [5.41, 5.74) is 0.446. The molecular formula is C15H22FNO5S. The van der Waals surface area contributed by atoms with E-state index in [0.717, 1.165) is 12.8 Å². The van der Waals surface area contributed by atoms with Crippen LogP contribution in [0, 0.1) is 5.82 Å². The predicted molar refractivity (Wildman–Crippen MR) is 83.4 cm³/mol. The monoisotopic (exact) mass is 347 g/mol. The first-order valence-electron chi connectivity index (χ1n) is 7.49. The summed E-state index contributed by atoms with van der Waals surface area (Å²) in [6.07, 6.45) is 1.63. The van der Waals surface area contributed by atoms with Gasteiger partial charge in [-0.05, 0) is 31.0 Å². The van der Waals surface area contributed by atoms with Crippen molar-refractivity contribution in [1.82, 2.24) is 4.72 Å². The molecule has 0 radical (unpaired) electrons. The molecule has 1 aromatic carbocycles. The Hall–Kier alpha value is -1.22. The van der Waals surface area contributed by atoms with Crippen LogP contribution in [0.3, 0.4) is 0 Å². The van der Waals surface area contributed by atoms with Gasteiger partial charge in [0, 0.05) is 25.3 Å². The van der Waals surface area contributed by atoms with E-state index >= 15 is 0 Å². The molecule has 1 saturated heterocycles. The minimum atomic E-state index is -3.50. The lowest BCUT2D eigenvalue weighted by atomic mass is 10.2. The second-order valence-corrected chi connectivity index (χ2v) is 7.21. The highest BCUT2D eigenvalue weighted by Crippen LogP contribution is 2.19. The summed E-state index contributed by atoms with van der Waals surface area (Å²) < 4.78 is 55.5.